The minimum absolute atomic E-state index is 0.558. The predicted molar refractivity (Wildman–Crippen MR) is 88.5 cm³/mol. The smallest absolute Gasteiger partial charge is 0.137 e. The lowest BCUT2D eigenvalue weighted by molar-refractivity contribution is 0.318. The van der Waals surface area contributed by atoms with Crippen molar-refractivity contribution in [2.45, 2.75) is 11.3 Å². The van der Waals surface area contributed by atoms with Crippen LogP contribution in [0.4, 0.5) is 0 Å². The van der Waals surface area contributed by atoms with Gasteiger partial charge in [-0.15, -0.1) is 11.8 Å². The quantitative estimate of drug-likeness (QED) is 0.520. The van der Waals surface area contributed by atoms with Crippen LogP contribution in [0.25, 0.3) is 0 Å². The fraction of sp³-hybridized carbons (Fsp3) is 0.188. The fourth-order valence-electron chi connectivity index (χ4n) is 1.70. The van der Waals surface area contributed by atoms with Crippen molar-refractivity contribution in [1.82, 2.24) is 0 Å². The minimum Gasteiger partial charge on any atom is -0.492 e. The van der Waals surface area contributed by atoms with Gasteiger partial charge in [0.1, 0.15) is 11.8 Å². The second-order valence-corrected chi connectivity index (χ2v) is 6.21. The van der Waals surface area contributed by atoms with E-state index < -0.39 is 0 Å². The van der Waals surface area contributed by atoms with Crippen LogP contribution in [0.5, 0.6) is 5.75 Å². The van der Waals surface area contributed by atoms with Gasteiger partial charge >= 0.3 is 0 Å². The normalized spacial score (nSPS) is 10.1. The molecule has 108 valence electrons. The molecule has 2 aromatic carbocycles. The number of hydrogen-bond donors (Lipinski definition) is 0. The number of para-hydroxylation sites is 1. The Hall–Kier alpha value is -1.34. The molecule has 0 unspecified atom stereocenters. The Balaban J connectivity index is 1.78. The molecule has 0 fully saturated rings. The summed E-state index contributed by atoms with van der Waals surface area (Å²) in [6, 6.07) is 14.8. The molecule has 0 N–H and O–H groups in total. The van der Waals surface area contributed by atoms with Crippen LogP contribution in [0.15, 0.2) is 47.4 Å². The lowest BCUT2D eigenvalue weighted by Crippen LogP contribution is -2.00. The molecule has 0 spiro atoms. The fourth-order valence-corrected chi connectivity index (χ4v) is 3.11. The highest BCUT2D eigenvalue weighted by atomic mass is 35.5. The maximum absolute atomic E-state index is 8.97. The van der Waals surface area contributed by atoms with Crippen molar-refractivity contribution in [2.24, 2.45) is 0 Å². The van der Waals surface area contributed by atoms with Gasteiger partial charge < -0.3 is 4.74 Å². The Morgan fingerprint density at radius 3 is 2.76 bits per heavy atom. The molecule has 0 amide bonds. The zero-order chi connectivity index (χ0) is 15.1. The van der Waals surface area contributed by atoms with Gasteiger partial charge in [0, 0.05) is 15.7 Å². The monoisotopic (exact) mass is 337 g/mol. The van der Waals surface area contributed by atoms with Crippen LogP contribution in [0.3, 0.4) is 0 Å². The van der Waals surface area contributed by atoms with Gasteiger partial charge in [-0.25, -0.2) is 0 Å². The van der Waals surface area contributed by atoms with Gasteiger partial charge in [0.15, 0.2) is 0 Å². The molecule has 2 nitrogen and oxygen atoms in total. The third-order valence-electron chi connectivity index (χ3n) is 2.70. The number of nitrogens with zero attached hydrogens (tertiary/aromatic N) is 1. The van der Waals surface area contributed by atoms with Crippen molar-refractivity contribution in [1.29, 1.82) is 5.26 Å². The van der Waals surface area contributed by atoms with Gasteiger partial charge in [-0.3, -0.25) is 0 Å². The molecule has 0 aliphatic rings. The zero-order valence-electron chi connectivity index (χ0n) is 11.2. The first-order valence-corrected chi connectivity index (χ1v) is 8.14. The van der Waals surface area contributed by atoms with Crippen LogP contribution >= 0.6 is 35.0 Å². The SMILES string of the molecule is N#Cc1ccccc1OCCCSc1cc(Cl)ccc1Cl. The Labute approximate surface area is 138 Å². The second-order valence-electron chi connectivity index (χ2n) is 4.23. The third kappa shape index (κ3) is 4.86. The molecule has 0 saturated heterocycles. The highest BCUT2D eigenvalue weighted by Gasteiger charge is 2.03. The molecular weight excluding hydrogens is 325 g/mol. The van der Waals surface area contributed by atoms with E-state index in [9.17, 15) is 0 Å². The summed E-state index contributed by atoms with van der Waals surface area (Å²) in [5.41, 5.74) is 0.558. The summed E-state index contributed by atoms with van der Waals surface area (Å²) in [5, 5.41) is 10.4. The molecule has 0 heterocycles. The largest absolute Gasteiger partial charge is 0.492 e. The molecular formula is C16H13Cl2NOS. The molecule has 0 aliphatic carbocycles. The summed E-state index contributed by atoms with van der Waals surface area (Å²) in [5.74, 6) is 1.50. The maximum Gasteiger partial charge on any atom is 0.137 e. The second kappa shape index (κ2) is 8.19. The molecule has 0 radical (unpaired) electrons. The van der Waals surface area contributed by atoms with E-state index in [2.05, 4.69) is 6.07 Å². The van der Waals surface area contributed by atoms with Gasteiger partial charge in [0.2, 0.25) is 0 Å². The van der Waals surface area contributed by atoms with E-state index in [4.69, 9.17) is 33.2 Å². The number of benzene rings is 2. The van der Waals surface area contributed by atoms with Crippen LogP contribution in [0, 0.1) is 11.3 Å². The van der Waals surface area contributed by atoms with Crippen molar-refractivity contribution in [3.63, 3.8) is 0 Å². The summed E-state index contributed by atoms with van der Waals surface area (Å²) in [4.78, 5) is 0.974. The minimum atomic E-state index is 0.558. The Morgan fingerprint density at radius 2 is 1.95 bits per heavy atom. The highest BCUT2D eigenvalue weighted by molar-refractivity contribution is 7.99. The van der Waals surface area contributed by atoms with Gasteiger partial charge in [-0.2, -0.15) is 5.26 Å². The first kappa shape index (κ1) is 16.0. The highest BCUT2D eigenvalue weighted by Crippen LogP contribution is 2.30. The maximum atomic E-state index is 8.97. The Kier molecular flexibility index (Phi) is 6.25. The molecule has 0 saturated carbocycles. The number of hydrogen-bond acceptors (Lipinski definition) is 3. The molecule has 0 aromatic heterocycles. The first-order valence-electron chi connectivity index (χ1n) is 6.40. The number of halogens is 2. The van der Waals surface area contributed by atoms with E-state index in [0.717, 1.165) is 17.1 Å². The Bertz CT molecular complexity index is 655. The van der Waals surface area contributed by atoms with Crippen molar-refractivity contribution in [3.8, 4) is 11.8 Å². The predicted octanol–water partition coefficient (Wildman–Crippen LogP) is 5.43. The van der Waals surface area contributed by atoms with E-state index in [1.807, 2.05) is 18.2 Å². The van der Waals surface area contributed by atoms with Crippen LogP contribution in [-0.4, -0.2) is 12.4 Å². The number of rotatable bonds is 6. The van der Waals surface area contributed by atoms with Crippen LogP contribution in [0.2, 0.25) is 10.0 Å². The van der Waals surface area contributed by atoms with E-state index in [0.29, 0.717) is 28.0 Å². The van der Waals surface area contributed by atoms with Gasteiger partial charge in [-0.05, 0) is 36.8 Å². The molecule has 0 atom stereocenters. The molecule has 5 heteroatoms. The standard InChI is InChI=1S/C16H13Cl2NOS/c17-13-6-7-14(18)16(10-13)21-9-3-8-20-15-5-2-1-4-12(15)11-19/h1-2,4-7,10H,3,8-9H2. The van der Waals surface area contributed by atoms with Crippen LogP contribution in [-0.2, 0) is 0 Å². The van der Waals surface area contributed by atoms with E-state index in [1.54, 1.807) is 36.0 Å². The molecule has 21 heavy (non-hydrogen) atoms. The van der Waals surface area contributed by atoms with Crippen molar-refractivity contribution >= 4 is 35.0 Å². The van der Waals surface area contributed by atoms with Gasteiger partial charge in [0.05, 0.1) is 17.2 Å². The zero-order valence-corrected chi connectivity index (χ0v) is 13.5. The number of ether oxygens (including phenoxy) is 1. The van der Waals surface area contributed by atoms with E-state index >= 15 is 0 Å². The molecule has 2 rings (SSSR count). The first-order chi connectivity index (χ1) is 10.2. The summed E-state index contributed by atoms with van der Waals surface area (Å²) in [7, 11) is 0. The molecule has 0 bridgehead atoms. The van der Waals surface area contributed by atoms with E-state index in [1.165, 1.54) is 0 Å². The summed E-state index contributed by atoms with van der Waals surface area (Å²) < 4.78 is 5.63. The van der Waals surface area contributed by atoms with Crippen LogP contribution < -0.4 is 4.74 Å². The van der Waals surface area contributed by atoms with Crippen molar-refractivity contribution < 1.29 is 4.74 Å². The number of thioether (sulfide) groups is 1. The third-order valence-corrected chi connectivity index (χ3v) is 4.52. The lowest BCUT2D eigenvalue weighted by Gasteiger charge is -2.08. The molecule has 2 aromatic rings. The average molecular weight is 338 g/mol. The average Bonchev–Trinajstić information content (AvgIpc) is 2.50. The van der Waals surface area contributed by atoms with Gasteiger partial charge in [0.25, 0.3) is 0 Å². The Morgan fingerprint density at radius 1 is 1.14 bits per heavy atom. The van der Waals surface area contributed by atoms with Gasteiger partial charge in [-0.1, -0.05) is 35.3 Å². The number of nitriles is 1. The topological polar surface area (TPSA) is 33.0 Å². The van der Waals surface area contributed by atoms with Crippen molar-refractivity contribution in [3.05, 3.63) is 58.1 Å². The lowest BCUT2D eigenvalue weighted by atomic mass is 10.2. The molecule has 0 aliphatic heterocycles. The summed E-state index contributed by atoms with van der Waals surface area (Å²) in [6.45, 7) is 0.559. The summed E-state index contributed by atoms with van der Waals surface area (Å²) in [6.07, 6.45) is 0.854. The van der Waals surface area contributed by atoms with E-state index in [-0.39, 0.29) is 0 Å². The van der Waals surface area contributed by atoms with Crippen LogP contribution in [0.1, 0.15) is 12.0 Å². The van der Waals surface area contributed by atoms with Crippen molar-refractivity contribution in [2.75, 3.05) is 12.4 Å². The summed E-state index contributed by atoms with van der Waals surface area (Å²) >= 11 is 13.7.